The van der Waals surface area contributed by atoms with Gasteiger partial charge in [-0.15, -0.1) is 0 Å². The Kier molecular flexibility index (Phi) is 5.30. The fourth-order valence-corrected chi connectivity index (χ4v) is 3.09. The second-order valence-corrected chi connectivity index (χ2v) is 6.72. The largest absolute Gasteiger partial charge is 0.478 e. The van der Waals surface area contributed by atoms with E-state index in [1.54, 1.807) is 6.92 Å². The van der Waals surface area contributed by atoms with Crippen LogP contribution in [-0.4, -0.2) is 28.7 Å². The standard InChI is InChI=1S/C18H27N3O3/c1-5-18(24-9-12(19)10(2)3)8-6-7-13-15(18)16(20)14(17(22)23)11(4)21-13/h6-7,10,12H,5,8-9,19H2,1-4H3,(H2,20,21)(H,22,23). The number of fused-ring (bicyclic) bond motifs is 1. The number of carboxylic acids is 1. The van der Waals surface area contributed by atoms with Crippen molar-refractivity contribution in [2.75, 3.05) is 12.3 Å². The van der Waals surface area contributed by atoms with Gasteiger partial charge in [-0.25, -0.2) is 4.79 Å². The molecule has 6 heteroatoms. The van der Waals surface area contributed by atoms with Crippen LogP contribution in [0.2, 0.25) is 0 Å². The Morgan fingerprint density at radius 1 is 1.50 bits per heavy atom. The maximum Gasteiger partial charge on any atom is 0.339 e. The molecule has 0 bridgehead atoms. The molecule has 1 heterocycles. The summed E-state index contributed by atoms with van der Waals surface area (Å²) in [5.41, 5.74) is 13.8. The number of carboxylic acid groups (broad SMARTS) is 1. The molecule has 2 unspecified atom stereocenters. The number of pyridine rings is 1. The second-order valence-electron chi connectivity index (χ2n) is 6.72. The molecule has 5 N–H and O–H groups in total. The van der Waals surface area contributed by atoms with Crippen LogP contribution in [-0.2, 0) is 10.3 Å². The van der Waals surface area contributed by atoms with Gasteiger partial charge in [0.15, 0.2) is 0 Å². The van der Waals surface area contributed by atoms with E-state index in [9.17, 15) is 9.90 Å². The molecule has 1 aliphatic carbocycles. The maximum atomic E-state index is 11.6. The summed E-state index contributed by atoms with van der Waals surface area (Å²) < 4.78 is 6.24. The van der Waals surface area contributed by atoms with Gasteiger partial charge in [0.1, 0.15) is 11.2 Å². The van der Waals surface area contributed by atoms with Crippen molar-refractivity contribution in [3.8, 4) is 0 Å². The molecule has 1 aromatic rings. The van der Waals surface area contributed by atoms with E-state index in [1.807, 2.05) is 32.9 Å². The van der Waals surface area contributed by atoms with Gasteiger partial charge in [0.2, 0.25) is 0 Å². The number of hydrogen-bond acceptors (Lipinski definition) is 5. The van der Waals surface area contributed by atoms with Gasteiger partial charge in [0.05, 0.1) is 23.7 Å². The zero-order valence-corrected chi connectivity index (χ0v) is 14.8. The minimum Gasteiger partial charge on any atom is -0.478 e. The van der Waals surface area contributed by atoms with Gasteiger partial charge in [0, 0.05) is 11.6 Å². The van der Waals surface area contributed by atoms with E-state index in [4.69, 9.17) is 16.2 Å². The lowest BCUT2D eigenvalue weighted by Gasteiger charge is -2.38. The van der Waals surface area contributed by atoms with E-state index in [0.717, 1.165) is 0 Å². The first-order chi connectivity index (χ1) is 11.2. The van der Waals surface area contributed by atoms with Gasteiger partial charge in [-0.2, -0.15) is 0 Å². The lowest BCUT2D eigenvalue weighted by molar-refractivity contribution is -0.0617. The number of rotatable bonds is 6. The highest BCUT2D eigenvalue weighted by atomic mass is 16.5. The van der Waals surface area contributed by atoms with Gasteiger partial charge < -0.3 is 21.3 Å². The monoisotopic (exact) mass is 333 g/mol. The van der Waals surface area contributed by atoms with E-state index in [2.05, 4.69) is 4.98 Å². The third-order valence-electron chi connectivity index (χ3n) is 4.82. The lowest BCUT2D eigenvalue weighted by Crippen LogP contribution is -2.40. The highest BCUT2D eigenvalue weighted by molar-refractivity contribution is 5.96. The number of aryl methyl sites for hydroxylation is 1. The van der Waals surface area contributed by atoms with Crippen molar-refractivity contribution >= 4 is 17.7 Å². The molecule has 0 radical (unpaired) electrons. The first-order valence-electron chi connectivity index (χ1n) is 8.33. The van der Waals surface area contributed by atoms with Crippen LogP contribution in [0.3, 0.4) is 0 Å². The molecular formula is C18H27N3O3. The van der Waals surface area contributed by atoms with Crippen LogP contribution in [0.4, 0.5) is 5.69 Å². The van der Waals surface area contributed by atoms with E-state index >= 15 is 0 Å². The van der Waals surface area contributed by atoms with E-state index in [0.29, 0.717) is 42.3 Å². The van der Waals surface area contributed by atoms with Crippen LogP contribution in [0.5, 0.6) is 0 Å². The van der Waals surface area contributed by atoms with Crippen LogP contribution >= 0.6 is 0 Å². The van der Waals surface area contributed by atoms with Crippen molar-refractivity contribution in [1.29, 1.82) is 0 Å². The summed E-state index contributed by atoms with van der Waals surface area (Å²) in [4.78, 5) is 16.0. The smallest absolute Gasteiger partial charge is 0.339 e. The summed E-state index contributed by atoms with van der Waals surface area (Å²) in [6.45, 7) is 8.14. The minimum absolute atomic E-state index is 0.0543. The highest BCUT2D eigenvalue weighted by Crippen LogP contribution is 2.43. The third kappa shape index (κ3) is 3.16. The van der Waals surface area contributed by atoms with Crippen molar-refractivity contribution in [3.05, 3.63) is 28.6 Å². The average molecular weight is 333 g/mol. The van der Waals surface area contributed by atoms with Gasteiger partial charge in [-0.1, -0.05) is 26.8 Å². The summed E-state index contributed by atoms with van der Waals surface area (Å²) >= 11 is 0. The molecule has 0 aromatic carbocycles. The van der Waals surface area contributed by atoms with E-state index in [1.165, 1.54) is 0 Å². The van der Waals surface area contributed by atoms with Gasteiger partial charge >= 0.3 is 5.97 Å². The molecule has 0 saturated carbocycles. The Balaban J connectivity index is 2.53. The molecule has 2 rings (SSSR count). The lowest BCUT2D eigenvalue weighted by atomic mass is 9.80. The highest BCUT2D eigenvalue weighted by Gasteiger charge is 2.39. The Hall–Kier alpha value is -1.92. The molecule has 1 aliphatic rings. The number of anilines is 1. The number of ether oxygens (including phenoxy) is 1. The van der Waals surface area contributed by atoms with Gasteiger partial charge in [0.25, 0.3) is 0 Å². The Labute approximate surface area is 142 Å². The second kappa shape index (κ2) is 6.91. The normalized spacial score (nSPS) is 20.9. The summed E-state index contributed by atoms with van der Waals surface area (Å²) in [6, 6.07) is -0.0960. The van der Waals surface area contributed by atoms with Crippen molar-refractivity contribution < 1.29 is 14.6 Å². The number of nitrogen functional groups attached to an aromatic ring is 1. The number of nitrogens with zero attached hydrogens (tertiary/aromatic N) is 1. The summed E-state index contributed by atoms with van der Waals surface area (Å²) in [7, 11) is 0. The van der Waals surface area contributed by atoms with Gasteiger partial charge in [-0.3, -0.25) is 4.98 Å². The molecule has 0 amide bonds. The first-order valence-corrected chi connectivity index (χ1v) is 8.33. The molecule has 24 heavy (non-hydrogen) atoms. The van der Waals surface area contributed by atoms with Gasteiger partial charge in [-0.05, 0) is 31.8 Å². The fourth-order valence-electron chi connectivity index (χ4n) is 3.09. The Morgan fingerprint density at radius 3 is 2.71 bits per heavy atom. The van der Waals surface area contributed by atoms with Crippen molar-refractivity contribution in [3.63, 3.8) is 0 Å². The van der Waals surface area contributed by atoms with E-state index in [-0.39, 0.29) is 17.3 Å². The number of nitrogens with two attached hydrogens (primary N) is 2. The molecule has 6 nitrogen and oxygen atoms in total. The number of aromatic nitrogens is 1. The maximum absolute atomic E-state index is 11.6. The predicted octanol–water partition coefficient (Wildman–Crippen LogP) is 2.69. The fraction of sp³-hybridized carbons (Fsp3) is 0.556. The summed E-state index contributed by atoms with van der Waals surface area (Å²) in [6.07, 6.45) is 5.15. The topological polar surface area (TPSA) is 111 Å². The number of hydrogen-bond donors (Lipinski definition) is 3. The Bertz CT molecular complexity index is 670. The predicted molar refractivity (Wildman–Crippen MR) is 94.7 cm³/mol. The zero-order valence-electron chi connectivity index (χ0n) is 14.8. The SMILES string of the molecule is CCC1(OCC(N)C(C)C)CC=Cc2nc(C)c(C(=O)O)c(N)c21. The summed E-state index contributed by atoms with van der Waals surface area (Å²) in [5, 5.41) is 9.48. The van der Waals surface area contributed by atoms with Crippen LogP contribution < -0.4 is 11.5 Å². The average Bonchev–Trinajstić information content (AvgIpc) is 2.51. The third-order valence-corrected chi connectivity index (χ3v) is 4.82. The minimum atomic E-state index is -1.07. The van der Waals surface area contributed by atoms with Crippen LogP contribution in [0.1, 0.15) is 60.9 Å². The Morgan fingerprint density at radius 2 is 2.17 bits per heavy atom. The molecule has 0 saturated heterocycles. The summed E-state index contributed by atoms with van der Waals surface area (Å²) in [5.74, 6) is -0.778. The van der Waals surface area contributed by atoms with Crippen molar-refractivity contribution in [2.45, 2.75) is 52.2 Å². The van der Waals surface area contributed by atoms with E-state index < -0.39 is 11.6 Å². The van der Waals surface area contributed by atoms with Crippen molar-refractivity contribution in [2.24, 2.45) is 11.7 Å². The van der Waals surface area contributed by atoms with Crippen LogP contribution in [0.25, 0.3) is 6.08 Å². The molecule has 0 spiro atoms. The molecule has 2 atom stereocenters. The number of aromatic carboxylic acids is 1. The zero-order chi connectivity index (χ0) is 18.1. The van der Waals surface area contributed by atoms with Crippen LogP contribution in [0, 0.1) is 12.8 Å². The molecule has 0 fully saturated rings. The number of carbonyl (C=O) groups is 1. The molecule has 0 aliphatic heterocycles. The molecule has 1 aromatic heterocycles. The quantitative estimate of drug-likeness (QED) is 0.738. The molecular weight excluding hydrogens is 306 g/mol. The van der Waals surface area contributed by atoms with Crippen molar-refractivity contribution in [1.82, 2.24) is 4.98 Å². The van der Waals surface area contributed by atoms with Crippen LogP contribution in [0.15, 0.2) is 6.08 Å². The molecule has 132 valence electrons. The first kappa shape index (κ1) is 18.4.